The lowest BCUT2D eigenvalue weighted by Gasteiger charge is -2.13. The number of hydrogen-bond acceptors (Lipinski definition) is 3. The van der Waals surface area contributed by atoms with Crippen molar-refractivity contribution >= 4 is 5.91 Å². The van der Waals surface area contributed by atoms with Gasteiger partial charge in [-0.3, -0.25) is 4.79 Å². The summed E-state index contributed by atoms with van der Waals surface area (Å²) in [5.74, 6) is -0.870. The van der Waals surface area contributed by atoms with Gasteiger partial charge in [-0.2, -0.15) is 5.26 Å². The van der Waals surface area contributed by atoms with Crippen molar-refractivity contribution in [1.82, 2.24) is 5.32 Å². The molecule has 74 valence electrons. The van der Waals surface area contributed by atoms with E-state index in [1.165, 1.54) is 0 Å². The Labute approximate surface area is 78.6 Å². The zero-order valence-corrected chi connectivity index (χ0v) is 8.08. The molecule has 2 atom stereocenters. The number of carbonyl (C=O) groups is 1. The van der Waals surface area contributed by atoms with Crippen LogP contribution in [0.25, 0.3) is 0 Å². The van der Waals surface area contributed by atoms with Gasteiger partial charge < -0.3 is 10.4 Å². The van der Waals surface area contributed by atoms with Crippen molar-refractivity contribution in [3.63, 3.8) is 0 Å². The van der Waals surface area contributed by atoms with Gasteiger partial charge in [0.25, 0.3) is 0 Å². The molecule has 0 heterocycles. The number of rotatable bonds is 5. The average molecular weight is 184 g/mol. The Hall–Kier alpha value is -1.08. The van der Waals surface area contributed by atoms with Crippen LogP contribution in [0, 0.1) is 17.2 Å². The van der Waals surface area contributed by atoms with Crippen LogP contribution in [0.5, 0.6) is 0 Å². The fraction of sp³-hybridized carbons (Fsp3) is 0.778. The Morgan fingerprint density at radius 1 is 1.69 bits per heavy atom. The Morgan fingerprint density at radius 3 is 2.69 bits per heavy atom. The van der Waals surface area contributed by atoms with E-state index in [0.717, 1.165) is 6.42 Å². The summed E-state index contributed by atoms with van der Waals surface area (Å²) in [7, 11) is 0. The van der Waals surface area contributed by atoms with E-state index in [0.29, 0.717) is 6.42 Å². The predicted octanol–water partition coefficient (Wildman–Crippen LogP) is 0.423. The Bertz CT molecular complexity index is 198. The maximum atomic E-state index is 11.3. The molecule has 0 aromatic carbocycles. The second-order valence-corrected chi connectivity index (χ2v) is 3.06. The molecule has 4 heteroatoms. The minimum absolute atomic E-state index is 0.101. The van der Waals surface area contributed by atoms with Gasteiger partial charge in [-0.05, 0) is 13.3 Å². The molecule has 0 spiro atoms. The molecule has 1 amide bonds. The minimum atomic E-state index is -0.584. The molecule has 2 N–H and O–H groups in total. The summed E-state index contributed by atoms with van der Waals surface area (Å²) >= 11 is 0. The first-order chi connectivity index (χ1) is 6.15. The van der Waals surface area contributed by atoms with Crippen LogP contribution < -0.4 is 5.32 Å². The quantitative estimate of drug-likeness (QED) is 0.650. The highest BCUT2D eigenvalue weighted by molar-refractivity contribution is 5.81. The SMILES string of the molecule is CCCC(C#N)C(=O)N[C@H](C)CO. The number of aliphatic hydroxyl groups excluding tert-OH is 1. The van der Waals surface area contributed by atoms with Crippen LogP contribution in [0.3, 0.4) is 0 Å². The number of hydrogen-bond donors (Lipinski definition) is 2. The van der Waals surface area contributed by atoms with Crippen molar-refractivity contribution < 1.29 is 9.90 Å². The highest BCUT2D eigenvalue weighted by Crippen LogP contribution is 2.04. The second-order valence-electron chi connectivity index (χ2n) is 3.06. The molecule has 0 aliphatic heterocycles. The van der Waals surface area contributed by atoms with Crippen LogP contribution in [0.15, 0.2) is 0 Å². The highest BCUT2D eigenvalue weighted by Gasteiger charge is 2.17. The molecule has 0 saturated heterocycles. The monoisotopic (exact) mass is 184 g/mol. The second kappa shape index (κ2) is 6.44. The van der Waals surface area contributed by atoms with Crippen molar-refractivity contribution in [3.05, 3.63) is 0 Å². The van der Waals surface area contributed by atoms with Crippen molar-refractivity contribution in [3.8, 4) is 6.07 Å². The molecule has 0 aliphatic carbocycles. The maximum Gasteiger partial charge on any atom is 0.237 e. The number of aliphatic hydroxyl groups is 1. The van der Waals surface area contributed by atoms with Crippen LogP contribution in [0.1, 0.15) is 26.7 Å². The first-order valence-electron chi connectivity index (χ1n) is 4.46. The van der Waals surface area contributed by atoms with Crippen LogP contribution in [0.2, 0.25) is 0 Å². The lowest BCUT2D eigenvalue weighted by molar-refractivity contribution is -0.124. The number of nitriles is 1. The van der Waals surface area contributed by atoms with Gasteiger partial charge in [0.05, 0.1) is 12.7 Å². The van der Waals surface area contributed by atoms with Crippen molar-refractivity contribution in [2.24, 2.45) is 5.92 Å². The normalized spacial score (nSPS) is 14.3. The molecule has 0 radical (unpaired) electrons. The first-order valence-corrected chi connectivity index (χ1v) is 4.46. The summed E-state index contributed by atoms with van der Waals surface area (Å²) in [5.41, 5.74) is 0. The third-order valence-corrected chi connectivity index (χ3v) is 1.71. The zero-order chi connectivity index (χ0) is 10.3. The number of nitrogens with one attached hydrogen (secondary N) is 1. The van der Waals surface area contributed by atoms with E-state index >= 15 is 0 Å². The van der Waals surface area contributed by atoms with Gasteiger partial charge in [-0.25, -0.2) is 0 Å². The fourth-order valence-electron chi connectivity index (χ4n) is 0.932. The van der Waals surface area contributed by atoms with E-state index in [1.54, 1.807) is 6.92 Å². The minimum Gasteiger partial charge on any atom is -0.394 e. The molecule has 4 nitrogen and oxygen atoms in total. The molecule has 13 heavy (non-hydrogen) atoms. The van der Waals surface area contributed by atoms with Gasteiger partial charge in [-0.1, -0.05) is 13.3 Å². The van der Waals surface area contributed by atoms with Crippen LogP contribution in [0.4, 0.5) is 0 Å². The fourth-order valence-corrected chi connectivity index (χ4v) is 0.932. The smallest absolute Gasteiger partial charge is 0.237 e. The van der Waals surface area contributed by atoms with E-state index in [4.69, 9.17) is 10.4 Å². The molecule has 0 aliphatic rings. The number of amides is 1. The van der Waals surface area contributed by atoms with Gasteiger partial charge in [0.2, 0.25) is 5.91 Å². The van der Waals surface area contributed by atoms with Crippen molar-refractivity contribution in [2.45, 2.75) is 32.7 Å². The predicted molar refractivity (Wildman–Crippen MR) is 48.7 cm³/mol. The largest absolute Gasteiger partial charge is 0.394 e. The molecular weight excluding hydrogens is 168 g/mol. The van der Waals surface area contributed by atoms with Crippen LogP contribution in [-0.4, -0.2) is 23.7 Å². The third kappa shape index (κ3) is 4.48. The topological polar surface area (TPSA) is 73.1 Å². The maximum absolute atomic E-state index is 11.3. The van der Waals surface area contributed by atoms with E-state index in [9.17, 15) is 4.79 Å². The summed E-state index contributed by atoms with van der Waals surface area (Å²) in [6, 6.07) is 1.66. The van der Waals surface area contributed by atoms with Gasteiger partial charge in [0.1, 0.15) is 5.92 Å². The molecule has 1 unspecified atom stereocenters. The lowest BCUT2D eigenvalue weighted by Crippen LogP contribution is -2.38. The molecular formula is C9H16N2O2. The van der Waals surface area contributed by atoms with E-state index < -0.39 is 5.92 Å². The molecule has 0 bridgehead atoms. The number of nitrogens with zero attached hydrogens (tertiary/aromatic N) is 1. The summed E-state index contributed by atoms with van der Waals surface area (Å²) in [6.07, 6.45) is 1.37. The molecule has 0 fully saturated rings. The van der Waals surface area contributed by atoms with E-state index in [-0.39, 0.29) is 18.6 Å². The van der Waals surface area contributed by atoms with Gasteiger partial charge in [-0.15, -0.1) is 0 Å². The van der Waals surface area contributed by atoms with Gasteiger partial charge in [0, 0.05) is 6.04 Å². The summed E-state index contributed by atoms with van der Waals surface area (Å²) in [6.45, 7) is 3.52. The lowest BCUT2D eigenvalue weighted by atomic mass is 10.0. The summed E-state index contributed by atoms with van der Waals surface area (Å²) in [5, 5.41) is 19.9. The van der Waals surface area contributed by atoms with Crippen molar-refractivity contribution in [1.29, 1.82) is 5.26 Å². The van der Waals surface area contributed by atoms with Crippen LogP contribution in [-0.2, 0) is 4.79 Å². The molecule has 0 aromatic rings. The molecule has 0 rings (SSSR count). The first kappa shape index (κ1) is 11.9. The van der Waals surface area contributed by atoms with Crippen molar-refractivity contribution in [2.75, 3.05) is 6.61 Å². The van der Waals surface area contributed by atoms with Gasteiger partial charge >= 0.3 is 0 Å². The third-order valence-electron chi connectivity index (χ3n) is 1.71. The van der Waals surface area contributed by atoms with Crippen LogP contribution >= 0.6 is 0 Å². The van der Waals surface area contributed by atoms with Gasteiger partial charge in [0.15, 0.2) is 0 Å². The molecule has 0 aromatic heterocycles. The average Bonchev–Trinajstić information content (AvgIpc) is 2.13. The Morgan fingerprint density at radius 2 is 2.31 bits per heavy atom. The Kier molecular flexibility index (Phi) is 5.90. The number of carbonyl (C=O) groups excluding carboxylic acids is 1. The van der Waals surface area contributed by atoms with E-state index in [2.05, 4.69) is 5.32 Å². The van der Waals surface area contributed by atoms with E-state index in [1.807, 2.05) is 13.0 Å². The Balaban J connectivity index is 4.00. The zero-order valence-electron chi connectivity index (χ0n) is 8.08. The molecule has 0 saturated carbocycles. The standard InChI is InChI=1S/C9H16N2O2/c1-3-4-8(5-10)9(13)11-7(2)6-12/h7-8,12H,3-4,6H2,1-2H3,(H,11,13)/t7-,8?/m1/s1. The summed E-state index contributed by atoms with van der Waals surface area (Å²) in [4.78, 5) is 11.3. The summed E-state index contributed by atoms with van der Waals surface area (Å²) < 4.78 is 0. The highest BCUT2D eigenvalue weighted by atomic mass is 16.3.